The number of carbonyl (C=O) groups excluding carboxylic acids is 2. The Morgan fingerprint density at radius 2 is 2.28 bits per heavy atom. The van der Waals surface area contributed by atoms with Crippen LogP contribution in [0.25, 0.3) is 0 Å². The number of hydrazone groups is 1. The highest BCUT2D eigenvalue weighted by Gasteiger charge is 2.41. The molecule has 1 aliphatic heterocycles. The molecule has 2 fully saturated rings. The second-order valence-corrected chi connectivity index (χ2v) is 5.22. The number of nitrogens with zero attached hydrogens (tertiary/aromatic N) is 2. The predicted octanol–water partition coefficient (Wildman–Crippen LogP) is 0.691. The Morgan fingerprint density at radius 3 is 2.94 bits per heavy atom. The van der Waals surface area contributed by atoms with Crippen LogP contribution in [0, 0.1) is 5.92 Å². The van der Waals surface area contributed by atoms with Crippen molar-refractivity contribution in [2.45, 2.75) is 45.2 Å². The molecule has 1 saturated heterocycles. The lowest BCUT2D eigenvalue weighted by molar-refractivity contribution is -0.118. The van der Waals surface area contributed by atoms with Crippen LogP contribution in [0.4, 0.5) is 4.79 Å². The van der Waals surface area contributed by atoms with Crippen molar-refractivity contribution in [2.75, 3.05) is 6.54 Å². The van der Waals surface area contributed by atoms with Crippen LogP contribution in [0.1, 0.15) is 33.1 Å². The van der Waals surface area contributed by atoms with Gasteiger partial charge < -0.3 is 10.2 Å². The highest BCUT2D eigenvalue weighted by Crippen LogP contribution is 2.35. The third-order valence-corrected chi connectivity index (χ3v) is 3.53. The van der Waals surface area contributed by atoms with E-state index in [9.17, 15) is 9.59 Å². The van der Waals surface area contributed by atoms with Crippen molar-refractivity contribution in [1.29, 1.82) is 0 Å². The molecule has 6 nitrogen and oxygen atoms in total. The van der Waals surface area contributed by atoms with E-state index < -0.39 is 0 Å². The fraction of sp³-hybridized carbons (Fsp3) is 0.750. The molecule has 0 radical (unpaired) electrons. The van der Waals surface area contributed by atoms with Gasteiger partial charge in [-0.3, -0.25) is 4.79 Å². The van der Waals surface area contributed by atoms with E-state index >= 15 is 0 Å². The molecule has 2 aliphatic rings. The molecule has 18 heavy (non-hydrogen) atoms. The molecule has 2 rings (SSSR count). The molecule has 1 aliphatic carbocycles. The highest BCUT2D eigenvalue weighted by molar-refractivity contribution is 5.94. The first-order valence-corrected chi connectivity index (χ1v) is 6.46. The van der Waals surface area contributed by atoms with Gasteiger partial charge in [0.15, 0.2) is 0 Å². The van der Waals surface area contributed by atoms with Gasteiger partial charge in [0.25, 0.3) is 0 Å². The third-order valence-electron chi connectivity index (χ3n) is 3.53. The summed E-state index contributed by atoms with van der Waals surface area (Å²) in [6.45, 7) is 4.59. The molecule has 1 heterocycles. The van der Waals surface area contributed by atoms with Crippen molar-refractivity contribution < 1.29 is 9.59 Å². The molecule has 0 aromatic heterocycles. The molecule has 6 heteroatoms. The normalized spacial score (nSPS) is 28.6. The zero-order valence-corrected chi connectivity index (χ0v) is 10.8. The minimum Gasteiger partial charge on any atom is -0.337 e. The van der Waals surface area contributed by atoms with E-state index in [4.69, 9.17) is 0 Å². The lowest BCUT2D eigenvalue weighted by Gasteiger charge is -2.19. The molecular weight excluding hydrogens is 232 g/mol. The summed E-state index contributed by atoms with van der Waals surface area (Å²) in [6.07, 6.45) is 3.85. The first-order valence-electron chi connectivity index (χ1n) is 6.46. The minimum atomic E-state index is -0.295. The van der Waals surface area contributed by atoms with Crippen LogP contribution in [0.5, 0.6) is 0 Å². The maximum Gasteiger partial charge on any atom is 0.335 e. The lowest BCUT2D eigenvalue weighted by Crippen LogP contribution is -2.39. The Hall–Kier alpha value is -1.59. The van der Waals surface area contributed by atoms with Gasteiger partial charge in [-0.05, 0) is 39.0 Å². The topological polar surface area (TPSA) is 73.8 Å². The zero-order chi connectivity index (χ0) is 13.1. The maximum absolute atomic E-state index is 11.4. The van der Waals surface area contributed by atoms with Crippen molar-refractivity contribution in [3.8, 4) is 0 Å². The van der Waals surface area contributed by atoms with E-state index in [1.807, 2.05) is 13.8 Å². The Bertz CT molecular complexity index is 367. The summed E-state index contributed by atoms with van der Waals surface area (Å²) in [7, 11) is 0. The second-order valence-electron chi connectivity index (χ2n) is 5.22. The minimum absolute atomic E-state index is 0.0829. The van der Waals surface area contributed by atoms with Gasteiger partial charge in [-0.1, -0.05) is 0 Å². The molecule has 2 N–H and O–H groups in total. The van der Waals surface area contributed by atoms with Gasteiger partial charge in [0, 0.05) is 12.6 Å². The SMILES string of the molecule is CC(C)NC(=O)N/N=C1\CCC2CCN(C=O)C12. The summed E-state index contributed by atoms with van der Waals surface area (Å²) in [4.78, 5) is 24.2. The summed E-state index contributed by atoms with van der Waals surface area (Å²) >= 11 is 0. The van der Waals surface area contributed by atoms with Crippen LogP contribution in [0.3, 0.4) is 0 Å². The number of rotatable bonds is 3. The predicted molar refractivity (Wildman–Crippen MR) is 68.1 cm³/mol. The quantitative estimate of drug-likeness (QED) is 0.573. The van der Waals surface area contributed by atoms with E-state index in [0.717, 1.165) is 37.9 Å². The molecule has 2 atom stereocenters. The van der Waals surface area contributed by atoms with E-state index in [1.165, 1.54) is 0 Å². The van der Waals surface area contributed by atoms with Gasteiger partial charge in [0.1, 0.15) is 0 Å². The fourth-order valence-corrected chi connectivity index (χ4v) is 2.79. The Balaban J connectivity index is 1.96. The van der Waals surface area contributed by atoms with Gasteiger partial charge in [0.05, 0.1) is 11.8 Å². The summed E-state index contributed by atoms with van der Waals surface area (Å²) in [5.41, 5.74) is 3.43. The van der Waals surface area contributed by atoms with Crippen molar-refractivity contribution in [3.05, 3.63) is 0 Å². The maximum atomic E-state index is 11.4. The first kappa shape index (κ1) is 12.9. The molecule has 0 aromatic rings. The second kappa shape index (κ2) is 5.37. The molecule has 0 bridgehead atoms. The third kappa shape index (κ3) is 2.63. The lowest BCUT2D eigenvalue weighted by atomic mass is 10.0. The van der Waals surface area contributed by atoms with E-state index in [0.29, 0.717) is 5.92 Å². The average Bonchev–Trinajstić information content (AvgIpc) is 2.86. The molecule has 100 valence electrons. The standard InChI is InChI=1S/C12H20N4O2/c1-8(2)13-12(18)15-14-10-4-3-9-5-6-16(7-17)11(9)10/h7-9,11H,3-6H2,1-2H3,(H2,13,15,18)/b14-10+. The van der Waals surface area contributed by atoms with E-state index in [1.54, 1.807) is 4.90 Å². The van der Waals surface area contributed by atoms with Crippen LogP contribution in [-0.2, 0) is 4.79 Å². The van der Waals surface area contributed by atoms with Gasteiger partial charge in [-0.25, -0.2) is 10.2 Å². The van der Waals surface area contributed by atoms with Crippen molar-refractivity contribution in [1.82, 2.24) is 15.6 Å². The Labute approximate surface area is 107 Å². The van der Waals surface area contributed by atoms with Gasteiger partial charge in [-0.2, -0.15) is 5.10 Å². The Morgan fingerprint density at radius 1 is 1.50 bits per heavy atom. The molecule has 0 aromatic carbocycles. The largest absolute Gasteiger partial charge is 0.337 e. The molecule has 3 amide bonds. The summed E-state index contributed by atoms with van der Waals surface area (Å²) in [5, 5.41) is 6.88. The summed E-state index contributed by atoms with van der Waals surface area (Å²) < 4.78 is 0. The van der Waals surface area contributed by atoms with Crippen LogP contribution in [-0.4, -0.2) is 41.7 Å². The number of urea groups is 1. The van der Waals surface area contributed by atoms with Crippen molar-refractivity contribution in [3.63, 3.8) is 0 Å². The highest BCUT2D eigenvalue weighted by atomic mass is 16.2. The monoisotopic (exact) mass is 252 g/mol. The molecular formula is C12H20N4O2. The van der Waals surface area contributed by atoms with Gasteiger partial charge in [-0.15, -0.1) is 0 Å². The van der Waals surface area contributed by atoms with Crippen LogP contribution < -0.4 is 10.7 Å². The van der Waals surface area contributed by atoms with Crippen molar-refractivity contribution >= 4 is 18.2 Å². The molecule has 0 spiro atoms. The van der Waals surface area contributed by atoms with Gasteiger partial charge >= 0.3 is 6.03 Å². The van der Waals surface area contributed by atoms with E-state index in [2.05, 4.69) is 15.8 Å². The number of fused-ring (bicyclic) bond motifs is 1. The number of hydrogen-bond acceptors (Lipinski definition) is 3. The van der Waals surface area contributed by atoms with Gasteiger partial charge in [0.2, 0.25) is 6.41 Å². The van der Waals surface area contributed by atoms with Crippen LogP contribution in [0.15, 0.2) is 5.10 Å². The average molecular weight is 252 g/mol. The number of hydrogen-bond donors (Lipinski definition) is 2. The fourth-order valence-electron chi connectivity index (χ4n) is 2.79. The van der Waals surface area contributed by atoms with Crippen LogP contribution >= 0.6 is 0 Å². The Kier molecular flexibility index (Phi) is 3.84. The molecule has 1 saturated carbocycles. The van der Waals surface area contributed by atoms with Crippen LogP contribution in [0.2, 0.25) is 0 Å². The van der Waals surface area contributed by atoms with Crippen molar-refractivity contribution in [2.24, 2.45) is 11.0 Å². The van der Waals surface area contributed by atoms with E-state index in [-0.39, 0.29) is 18.1 Å². The number of nitrogens with one attached hydrogen (secondary N) is 2. The first-order chi connectivity index (χ1) is 8.61. The summed E-state index contributed by atoms with van der Waals surface area (Å²) in [6, 6.07) is -0.113. The zero-order valence-electron chi connectivity index (χ0n) is 10.8. The molecule has 2 unspecified atom stereocenters. The summed E-state index contributed by atoms with van der Waals surface area (Å²) in [5.74, 6) is 0.518. The number of carbonyl (C=O) groups is 2. The number of likely N-dealkylation sites (tertiary alicyclic amines) is 1. The smallest absolute Gasteiger partial charge is 0.335 e. The number of amides is 3.